The smallest absolute Gasteiger partial charge is 0.139 e. The van der Waals surface area contributed by atoms with E-state index < -0.39 is 0 Å². The van der Waals surface area contributed by atoms with Crippen molar-refractivity contribution in [2.75, 3.05) is 5.73 Å². The zero-order valence-electron chi connectivity index (χ0n) is 10.8. The van der Waals surface area contributed by atoms with Crippen molar-refractivity contribution in [2.24, 2.45) is 0 Å². The lowest BCUT2D eigenvalue weighted by Crippen LogP contribution is -1.89. The minimum Gasteiger partial charge on any atom is -0.397 e. The molecule has 0 atom stereocenters. The van der Waals surface area contributed by atoms with Crippen LogP contribution in [0.5, 0.6) is 0 Å². The molecule has 0 amide bonds. The third-order valence-electron chi connectivity index (χ3n) is 3.30. The van der Waals surface area contributed by atoms with E-state index in [0.717, 1.165) is 26.9 Å². The van der Waals surface area contributed by atoms with Crippen LogP contribution in [0.25, 0.3) is 22.4 Å². The Hall–Kier alpha value is -1.81. The third kappa shape index (κ3) is 2.02. The third-order valence-corrected chi connectivity index (χ3v) is 3.76. The Kier molecular flexibility index (Phi) is 2.82. The molecule has 3 aromatic rings. The fourth-order valence-electron chi connectivity index (χ4n) is 2.41. The number of hydrogen-bond donors (Lipinski definition) is 2. The quantitative estimate of drug-likeness (QED) is 0.661. The van der Waals surface area contributed by atoms with Gasteiger partial charge in [-0.05, 0) is 37.1 Å². The first kappa shape index (κ1) is 12.2. The van der Waals surface area contributed by atoms with Crippen molar-refractivity contribution in [1.29, 1.82) is 0 Å². The van der Waals surface area contributed by atoms with E-state index in [1.54, 1.807) is 0 Å². The Bertz CT molecular complexity index is 754. The summed E-state index contributed by atoms with van der Waals surface area (Å²) in [7, 11) is 0. The molecule has 1 aromatic heterocycles. The molecule has 3 rings (SSSR count). The zero-order valence-corrected chi connectivity index (χ0v) is 12.4. The molecule has 96 valence electrons. The number of H-pyrrole nitrogens is 1. The van der Waals surface area contributed by atoms with E-state index in [2.05, 4.69) is 57.9 Å². The van der Waals surface area contributed by atoms with Crippen LogP contribution in [-0.2, 0) is 0 Å². The lowest BCUT2D eigenvalue weighted by Gasteiger charge is -2.05. The maximum absolute atomic E-state index is 6.01. The van der Waals surface area contributed by atoms with Crippen LogP contribution in [0.15, 0.2) is 34.8 Å². The molecule has 0 aliphatic heterocycles. The van der Waals surface area contributed by atoms with Crippen molar-refractivity contribution < 1.29 is 0 Å². The van der Waals surface area contributed by atoms with Gasteiger partial charge >= 0.3 is 0 Å². The highest BCUT2D eigenvalue weighted by molar-refractivity contribution is 9.10. The number of nitrogens with zero attached hydrogens (tertiary/aromatic N) is 1. The number of rotatable bonds is 1. The first-order chi connectivity index (χ1) is 9.06. The highest BCUT2D eigenvalue weighted by Gasteiger charge is 2.12. The molecular weight excluding hydrogens is 302 g/mol. The van der Waals surface area contributed by atoms with Gasteiger partial charge in [0.25, 0.3) is 0 Å². The molecule has 0 spiro atoms. The number of nitrogen functional groups attached to an aromatic ring is 1. The topological polar surface area (TPSA) is 54.7 Å². The van der Waals surface area contributed by atoms with Crippen molar-refractivity contribution in [3.05, 3.63) is 45.9 Å². The number of anilines is 1. The van der Waals surface area contributed by atoms with Crippen molar-refractivity contribution in [3.8, 4) is 11.4 Å². The van der Waals surface area contributed by atoms with Crippen molar-refractivity contribution in [3.63, 3.8) is 0 Å². The summed E-state index contributed by atoms with van der Waals surface area (Å²) in [5, 5.41) is 0. The highest BCUT2D eigenvalue weighted by Crippen LogP contribution is 2.30. The van der Waals surface area contributed by atoms with E-state index in [-0.39, 0.29) is 0 Å². The predicted octanol–water partition coefficient (Wildman–Crippen LogP) is 4.19. The first-order valence-corrected chi connectivity index (χ1v) is 6.87. The van der Waals surface area contributed by atoms with Crippen LogP contribution in [0.2, 0.25) is 0 Å². The molecule has 0 aliphatic carbocycles. The molecule has 0 aliphatic rings. The molecule has 3 N–H and O–H groups in total. The number of aromatic nitrogens is 2. The van der Waals surface area contributed by atoms with Crippen molar-refractivity contribution >= 4 is 32.7 Å². The average Bonchev–Trinajstić information content (AvgIpc) is 2.72. The van der Waals surface area contributed by atoms with E-state index in [1.807, 2.05) is 12.1 Å². The predicted molar refractivity (Wildman–Crippen MR) is 83.1 cm³/mol. The number of aromatic amines is 1. The summed E-state index contributed by atoms with van der Waals surface area (Å²) in [5.41, 5.74) is 12.0. The van der Waals surface area contributed by atoms with Gasteiger partial charge in [0.15, 0.2) is 0 Å². The number of imidazole rings is 1. The molecule has 0 fully saturated rings. The summed E-state index contributed by atoms with van der Waals surface area (Å²) in [6, 6.07) is 10.1. The zero-order chi connectivity index (χ0) is 13.6. The van der Waals surface area contributed by atoms with Gasteiger partial charge < -0.3 is 10.7 Å². The number of nitrogens with one attached hydrogen (secondary N) is 1. The van der Waals surface area contributed by atoms with Crippen molar-refractivity contribution in [1.82, 2.24) is 9.97 Å². The molecule has 0 unspecified atom stereocenters. The summed E-state index contributed by atoms with van der Waals surface area (Å²) < 4.78 is 0.953. The second-order valence-corrected chi connectivity index (χ2v) is 5.66. The van der Waals surface area contributed by atoms with Crippen molar-refractivity contribution in [2.45, 2.75) is 13.8 Å². The van der Waals surface area contributed by atoms with E-state index in [0.29, 0.717) is 5.69 Å². The Morgan fingerprint density at radius 1 is 1.16 bits per heavy atom. The Balaban J connectivity index is 2.30. The van der Waals surface area contributed by atoms with Crippen LogP contribution in [-0.4, -0.2) is 9.97 Å². The van der Waals surface area contributed by atoms with Crippen LogP contribution >= 0.6 is 15.9 Å². The fraction of sp³-hybridized carbons (Fsp3) is 0.133. The standard InChI is InChI=1S/C15H14BrN3/c1-8-4-3-5-9(2)13(8)15-18-12-7-10(16)6-11(17)14(12)19-15/h3-7H,17H2,1-2H3,(H,18,19). The number of aryl methyl sites for hydroxylation is 2. The number of halogens is 1. The van der Waals surface area contributed by atoms with Gasteiger partial charge in [0.05, 0.1) is 11.2 Å². The fourth-order valence-corrected chi connectivity index (χ4v) is 2.89. The van der Waals surface area contributed by atoms with E-state index in [1.165, 1.54) is 11.1 Å². The molecule has 0 saturated carbocycles. The number of hydrogen-bond acceptors (Lipinski definition) is 2. The minimum absolute atomic E-state index is 0.679. The summed E-state index contributed by atoms with van der Waals surface area (Å²) in [6.45, 7) is 4.18. The van der Waals surface area contributed by atoms with Gasteiger partial charge in [-0.2, -0.15) is 0 Å². The molecule has 0 radical (unpaired) electrons. The molecule has 1 heterocycles. The molecule has 0 saturated heterocycles. The van der Waals surface area contributed by atoms with Crippen LogP contribution < -0.4 is 5.73 Å². The molecule has 4 heteroatoms. The van der Waals surface area contributed by atoms with Crippen LogP contribution in [0.3, 0.4) is 0 Å². The van der Waals surface area contributed by atoms with E-state index in [4.69, 9.17) is 5.73 Å². The van der Waals surface area contributed by atoms with Crippen LogP contribution in [0.4, 0.5) is 5.69 Å². The molecule has 3 nitrogen and oxygen atoms in total. The van der Waals surface area contributed by atoms with Gasteiger partial charge in [0.1, 0.15) is 11.3 Å². The molecule has 2 aromatic carbocycles. The van der Waals surface area contributed by atoms with E-state index >= 15 is 0 Å². The monoisotopic (exact) mass is 315 g/mol. The Morgan fingerprint density at radius 2 is 1.84 bits per heavy atom. The summed E-state index contributed by atoms with van der Waals surface area (Å²) in [6.07, 6.45) is 0. The second-order valence-electron chi connectivity index (χ2n) is 4.74. The first-order valence-electron chi connectivity index (χ1n) is 6.07. The van der Waals surface area contributed by atoms with Gasteiger partial charge in [-0.1, -0.05) is 34.1 Å². The lowest BCUT2D eigenvalue weighted by molar-refractivity contribution is 1.27. The largest absolute Gasteiger partial charge is 0.397 e. The van der Waals surface area contributed by atoms with Gasteiger partial charge in [-0.3, -0.25) is 0 Å². The maximum atomic E-state index is 6.01. The van der Waals surface area contributed by atoms with Crippen LogP contribution in [0, 0.1) is 13.8 Å². The number of benzene rings is 2. The normalized spacial score (nSPS) is 11.1. The van der Waals surface area contributed by atoms with Crippen LogP contribution in [0.1, 0.15) is 11.1 Å². The highest BCUT2D eigenvalue weighted by atomic mass is 79.9. The molecule has 19 heavy (non-hydrogen) atoms. The van der Waals surface area contributed by atoms with Gasteiger partial charge in [-0.25, -0.2) is 4.98 Å². The number of nitrogens with two attached hydrogens (primary N) is 1. The van der Waals surface area contributed by atoms with Gasteiger partial charge in [-0.15, -0.1) is 0 Å². The summed E-state index contributed by atoms with van der Waals surface area (Å²) in [5.74, 6) is 0.871. The minimum atomic E-state index is 0.679. The molecule has 0 bridgehead atoms. The second kappa shape index (κ2) is 4.38. The summed E-state index contributed by atoms with van der Waals surface area (Å²) in [4.78, 5) is 8.00. The van der Waals surface area contributed by atoms with Gasteiger partial charge in [0, 0.05) is 10.0 Å². The molecular formula is C15H14BrN3. The number of fused-ring (bicyclic) bond motifs is 1. The lowest BCUT2D eigenvalue weighted by atomic mass is 10.0. The SMILES string of the molecule is Cc1cccc(C)c1-c1nc2c(N)cc(Br)cc2[nH]1. The maximum Gasteiger partial charge on any atom is 0.139 e. The van der Waals surface area contributed by atoms with Gasteiger partial charge in [0.2, 0.25) is 0 Å². The van der Waals surface area contributed by atoms with E-state index in [9.17, 15) is 0 Å². The Labute approximate surface area is 120 Å². The summed E-state index contributed by atoms with van der Waals surface area (Å²) >= 11 is 3.45. The Morgan fingerprint density at radius 3 is 2.53 bits per heavy atom. The average molecular weight is 316 g/mol.